The van der Waals surface area contributed by atoms with E-state index in [2.05, 4.69) is 10.3 Å². The molecule has 0 atom stereocenters. The number of anilines is 1. The van der Waals surface area contributed by atoms with Crippen molar-refractivity contribution in [2.75, 3.05) is 12.4 Å². The summed E-state index contributed by atoms with van der Waals surface area (Å²) in [7, 11) is 1.77. The Morgan fingerprint density at radius 2 is 1.83 bits per heavy atom. The van der Waals surface area contributed by atoms with Crippen LogP contribution in [0.3, 0.4) is 0 Å². The Labute approximate surface area is 145 Å². The lowest BCUT2D eigenvalue weighted by molar-refractivity contribution is 0.220. The lowest BCUT2D eigenvalue weighted by Gasteiger charge is -2.18. The Balaban J connectivity index is 1.75. The number of carbonyl (C=O) groups is 1. The molecule has 0 saturated heterocycles. The summed E-state index contributed by atoms with van der Waals surface area (Å²) in [5.74, 6) is 0. The maximum Gasteiger partial charge on any atom is 0.321 e. The first-order valence-electron chi connectivity index (χ1n) is 7.71. The maximum atomic E-state index is 12.5. The highest BCUT2D eigenvalue weighted by molar-refractivity contribution is 7.09. The molecule has 0 radical (unpaired) electrons. The number of hydrogen-bond donors (Lipinski definition) is 1. The Hall–Kier alpha value is -2.66. The van der Waals surface area contributed by atoms with Gasteiger partial charge in [0, 0.05) is 18.0 Å². The monoisotopic (exact) mass is 337 g/mol. The van der Waals surface area contributed by atoms with Crippen molar-refractivity contribution in [2.45, 2.75) is 13.5 Å². The molecule has 2 amide bonds. The van der Waals surface area contributed by atoms with E-state index in [-0.39, 0.29) is 6.03 Å². The molecule has 1 aromatic heterocycles. The predicted octanol–water partition coefficient (Wildman–Crippen LogP) is 4.78. The van der Waals surface area contributed by atoms with Crippen LogP contribution < -0.4 is 5.32 Å². The highest BCUT2D eigenvalue weighted by Crippen LogP contribution is 2.27. The minimum atomic E-state index is -0.149. The van der Waals surface area contributed by atoms with Gasteiger partial charge < -0.3 is 10.2 Å². The first-order valence-corrected chi connectivity index (χ1v) is 8.59. The topological polar surface area (TPSA) is 45.2 Å². The van der Waals surface area contributed by atoms with Gasteiger partial charge >= 0.3 is 6.03 Å². The third kappa shape index (κ3) is 3.81. The minimum Gasteiger partial charge on any atom is -0.322 e. The van der Waals surface area contributed by atoms with E-state index in [1.807, 2.05) is 66.9 Å². The number of carbonyl (C=O) groups excluding carboxylic acids is 1. The molecule has 0 saturated carbocycles. The van der Waals surface area contributed by atoms with Gasteiger partial charge in [-0.05, 0) is 18.6 Å². The lowest BCUT2D eigenvalue weighted by atomic mass is 10.0. The van der Waals surface area contributed by atoms with Crippen molar-refractivity contribution in [1.29, 1.82) is 0 Å². The average molecular weight is 337 g/mol. The van der Waals surface area contributed by atoms with Crippen molar-refractivity contribution in [1.82, 2.24) is 9.88 Å². The van der Waals surface area contributed by atoms with Gasteiger partial charge in [0.2, 0.25) is 0 Å². The van der Waals surface area contributed by atoms with Gasteiger partial charge in [0.1, 0.15) is 0 Å². The number of aromatic nitrogens is 1. The third-order valence-corrected chi connectivity index (χ3v) is 4.49. The summed E-state index contributed by atoms with van der Waals surface area (Å²) in [5.41, 5.74) is 3.79. The first-order chi connectivity index (χ1) is 11.6. The normalized spacial score (nSPS) is 10.4. The Morgan fingerprint density at radius 1 is 1.12 bits per heavy atom. The number of thiazole rings is 1. The molecule has 0 aliphatic carbocycles. The molecular formula is C19H19N3OS. The molecule has 2 aromatic carbocycles. The number of benzene rings is 2. The van der Waals surface area contributed by atoms with E-state index in [9.17, 15) is 4.79 Å². The highest BCUT2D eigenvalue weighted by Gasteiger charge is 2.13. The second-order valence-corrected chi connectivity index (χ2v) is 6.62. The van der Waals surface area contributed by atoms with E-state index in [0.717, 1.165) is 27.5 Å². The number of nitrogens with one attached hydrogen (secondary N) is 1. The molecule has 0 unspecified atom stereocenters. The molecule has 3 rings (SSSR count). The largest absolute Gasteiger partial charge is 0.322 e. The number of aryl methyl sites for hydroxylation is 1. The van der Waals surface area contributed by atoms with E-state index in [4.69, 9.17) is 0 Å². The van der Waals surface area contributed by atoms with Crippen LogP contribution in [0.5, 0.6) is 0 Å². The fourth-order valence-corrected chi connectivity index (χ4v) is 3.07. The summed E-state index contributed by atoms with van der Waals surface area (Å²) in [5, 5.41) is 5.99. The quantitative estimate of drug-likeness (QED) is 0.744. The predicted molar refractivity (Wildman–Crippen MR) is 99.2 cm³/mol. The van der Waals surface area contributed by atoms with Gasteiger partial charge in [-0.2, -0.15) is 0 Å². The number of amides is 2. The summed E-state index contributed by atoms with van der Waals surface area (Å²) < 4.78 is 0. The van der Waals surface area contributed by atoms with Crippen molar-refractivity contribution in [2.24, 2.45) is 0 Å². The lowest BCUT2D eigenvalue weighted by Crippen LogP contribution is -2.31. The number of urea groups is 1. The van der Waals surface area contributed by atoms with Gasteiger partial charge in [0.25, 0.3) is 0 Å². The molecule has 0 aliphatic heterocycles. The van der Waals surface area contributed by atoms with Gasteiger partial charge in [-0.1, -0.05) is 48.5 Å². The van der Waals surface area contributed by atoms with E-state index >= 15 is 0 Å². The zero-order chi connectivity index (χ0) is 16.9. The fourth-order valence-electron chi connectivity index (χ4n) is 2.47. The summed E-state index contributed by atoms with van der Waals surface area (Å²) in [6, 6.07) is 17.7. The molecule has 0 aliphatic rings. The van der Waals surface area contributed by atoms with Crippen LogP contribution in [0, 0.1) is 6.92 Å². The summed E-state index contributed by atoms with van der Waals surface area (Å²) in [4.78, 5) is 18.5. The van der Waals surface area contributed by atoms with Crippen LogP contribution in [0.1, 0.15) is 10.7 Å². The SMILES string of the molecule is Cc1nc(CN(C)C(=O)Nc2ccccc2-c2ccccc2)cs1. The Kier molecular flexibility index (Phi) is 4.91. The summed E-state index contributed by atoms with van der Waals surface area (Å²) >= 11 is 1.59. The van der Waals surface area contributed by atoms with Crippen LogP contribution in [-0.4, -0.2) is 23.0 Å². The van der Waals surface area contributed by atoms with Gasteiger partial charge in [-0.25, -0.2) is 9.78 Å². The zero-order valence-corrected chi connectivity index (χ0v) is 14.5. The molecule has 0 spiro atoms. The van der Waals surface area contributed by atoms with Crippen LogP contribution in [0.15, 0.2) is 60.0 Å². The second-order valence-electron chi connectivity index (χ2n) is 5.56. The van der Waals surface area contributed by atoms with Gasteiger partial charge in [-0.15, -0.1) is 11.3 Å². The Bertz CT molecular complexity index is 829. The minimum absolute atomic E-state index is 0.149. The molecule has 24 heavy (non-hydrogen) atoms. The Morgan fingerprint density at radius 3 is 2.54 bits per heavy atom. The van der Waals surface area contributed by atoms with Crippen LogP contribution in [-0.2, 0) is 6.54 Å². The first kappa shape index (κ1) is 16.2. The standard InChI is InChI=1S/C19H19N3OS/c1-14-20-16(13-24-14)12-22(2)19(23)21-18-11-7-6-10-17(18)15-8-4-3-5-9-15/h3-11,13H,12H2,1-2H3,(H,21,23). The number of nitrogens with zero attached hydrogens (tertiary/aromatic N) is 2. The van der Waals surface area contributed by atoms with Crippen LogP contribution in [0.2, 0.25) is 0 Å². The van der Waals surface area contributed by atoms with Crippen molar-refractivity contribution < 1.29 is 4.79 Å². The van der Waals surface area contributed by atoms with E-state index in [1.54, 1.807) is 23.3 Å². The van der Waals surface area contributed by atoms with Crippen molar-refractivity contribution in [3.63, 3.8) is 0 Å². The number of rotatable bonds is 4. The third-order valence-electron chi connectivity index (χ3n) is 3.67. The second kappa shape index (κ2) is 7.27. The van der Waals surface area contributed by atoms with Crippen molar-refractivity contribution in [3.05, 3.63) is 70.7 Å². The number of hydrogen-bond acceptors (Lipinski definition) is 3. The van der Waals surface area contributed by atoms with Crippen LogP contribution in [0.25, 0.3) is 11.1 Å². The molecule has 1 N–H and O–H groups in total. The molecule has 5 heteroatoms. The maximum absolute atomic E-state index is 12.5. The van der Waals surface area contributed by atoms with Gasteiger partial charge in [0.05, 0.1) is 22.9 Å². The van der Waals surface area contributed by atoms with Gasteiger partial charge in [0.15, 0.2) is 0 Å². The fraction of sp³-hybridized carbons (Fsp3) is 0.158. The average Bonchev–Trinajstić information content (AvgIpc) is 3.01. The number of para-hydroxylation sites is 1. The molecule has 0 bridgehead atoms. The zero-order valence-electron chi connectivity index (χ0n) is 13.7. The molecule has 122 valence electrons. The summed E-state index contributed by atoms with van der Waals surface area (Å²) in [6.45, 7) is 2.45. The van der Waals surface area contributed by atoms with Crippen LogP contribution >= 0.6 is 11.3 Å². The van der Waals surface area contributed by atoms with Gasteiger partial charge in [-0.3, -0.25) is 0 Å². The molecule has 3 aromatic rings. The molecule has 0 fully saturated rings. The van der Waals surface area contributed by atoms with E-state index < -0.39 is 0 Å². The molecule has 1 heterocycles. The smallest absolute Gasteiger partial charge is 0.321 e. The molecular weight excluding hydrogens is 318 g/mol. The van der Waals surface area contributed by atoms with E-state index in [1.165, 1.54) is 0 Å². The van der Waals surface area contributed by atoms with Crippen LogP contribution in [0.4, 0.5) is 10.5 Å². The van der Waals surface area contributed by atoms with Crippen molar-refractivity contribution in [3.8, 4) is 11.1 Å². The van der Waals surface area contributed by atoms with Crippen molar-refractivity contribution >= 4 is 23.1 Å². The van der Waals surface area contributed by atoms with E-state index in [0.29, 0.717) is 6.54 Å². The highest BCUT2D eigenvalue weighted by atomic mass is 32.1. The summed E-state index contributed by atoms with van der Waals surface area (Å²) in [6.07, 6.45) is 0. The molecule has 4 nitrogen and oxygen atoms in total.